The van der Waals surface area contributed by atoms with Crippen LogP contribution in [0.5, 0.6) is 5.75 Å². The molecule has 1 unspecified atom stereocenters. The molecule has 1 atom stereocenters. The summed E-state index contributed by atoms with van der Waals surface area (Å²) in [5, 5.41) is 3.01. The molecular formula is C25H28N2O4S. The molecule has 168 valence electrons. The van der Waals surface area contributed by atoms with E-state index >= 15 is 0 Å². The molecule has 0 saturated heterocycles. The molecule has 0 fully saturated rings. The van der Waals surface area contributed by atoms with Gasteiger partial charge in [0.15, 0.2) is 0 Å². The van der Waals surface area contributed by atoms with Gasteiger partial charge in [0, 0.05) is 12.6 Å². The summed E-state index contributed by atoms with van der Waals surface area (Å²) >= 11 is 0. The number of anilines is 1. The number of rotatable bonds is 7. The molecule has 0 heterocycles. The Bertz CT molecular complexity index is 1200. The van der Waals surface area contributed by atoms with Gasteiger partial charge in [-0.2, -0.15) is 0 Å². The van der Waals surface area contributed by atoms with Gasteiger partial charge in [0.25, 0.3) is 15.9 Å². The number of carbonyl (C=O) groups excluding carboxylic acids is 1. The summed E-state index contributed by atoms with van der Waals surface area (Å²) in [5.41, 5.74) is 4.24. The number of amides is 1. The normalized spacial score (nSPS) is 12.2. The van der Waals surface area contributed by atoms with Gasteiger partial charge in [-0.15, -0.1) is 0 Å². The van der Waals surface area contributed by atoms with Crippen LogP contribution in [0.2, 0.25) is 0 Å². The molecule has 0 spiro atoms. The van der Waals surface area contributed by atoms with Crippen LogP contribution in [0.15, 0.2) is 71.6 Å². The van der Waals surface area contributed by atoms with E-state index in [9.17, 15) is 13.2 Å². The van der Waals surface area contributed by atoms with Gasteiger partial charge in [-0.05, 0) is 80.4 Å². The Kier molecular flexibility index (Phi) is 6.89. The number of ether oxygens (including phenoxy) is 1. The zero-order chi connectivity index (χ0) is 23.5. The minimum Gasteiger partial charge on any atom is -0.497 e. The van der Waals surface area contributed by atoms with Crippen LogP contribution >= 0.6 is 0 Å². The van der Waals surface area contributed by atoms with Crippen LogP contribution < -0.4 is 14.4 Å². The zero-order valence-electron chi connectivity index (χ0n) is 18.9. The van der Waals surface area contributed by atoms with Crippen molar-refractivity contribution in [1.29, 1.82) is 0 Å². The highest BCUT2D eigenvalue weighted by Crippen LogP contribution is 2.24. The van der Waals surface area contributed by atoms with E-state index in [4.69, 9.17) is 4.74 Å². The second kappa shape index (κ2) is 9.44. The Morgan fingerprint density at radius 3 is 2.19 bits per heavy atom. The van der Waals surface area contributed by atoms with Crippen LogP contribution in [0, 0.1) is 13.8 Å². The zero-order valence-corrected chi connectivity index (χ0v) is 19.7. The minimum atomic E-state index is -3.74. The van der Waals surface area contributed by atoms with Crippen LogP contribution in [0.1, 0.15) is 40.0 Å². The fourth-order valence-electron chi connectivity index (χ4n) is 3.45. The number of carbonyl (C=O) groups is 1. The lowest BCUT2D eigenvalue weighted by molar-refractivity contribution is 0.0940. The minimum absolute atomic E-state index is 0.153. The number of hydrogen-bond acceptors (Lipinski definition) is 4. The average Bonchev–Trinajstić information content (AvgIpc) is 2.80. The van der Waals surface area contributed by atoms with Crippen LogP contribution in [-0.2, 0) is 10.0 Å². The van der Waals surface area contributed by atoms with Crippen molar-refractivity contribution in [1.82, 2.24) is 5.32 Å². The number of methoxy groups -OCH3 is 1. The molecule has 0 bridgehead atoms. The van der Waals surface area contributed by atoms with Crippen LogP contribution in [-0.4, -0.2) is 28.5 Å². The lowest BCUT2D eigenvalue weighted by Crippen LogP contribution is -2.28. The summed E-state index contributed by atoms with van der Waals surface area (Å²) in [5.74, 6) is 0.364. The molecule has 7 heteroatoms. The molecule has 1 N–H and O–H groups in total. The molecule has 3 rings (SSSR count). The Balaban J connectivity index is 1.74. The molecule has 0 aliphatic heterocycles. The second-order valence-corrected chi connectivity index (χ2v) is 9.72. The van der Waals surface area contributed by atoms with Crippen molar-refractivity contribution in [2.45, 2.75) is 31.7 Å². The second-order valence-electron chi connectivity index (χ2n) is 7.75. The maximum Gasteiger partial charge on any atom is 0.264 e. The first-order chi connectivity index (χ1) is 15.1. The lowest BCUT2D eigenvalue weighted by Gasteiger charge is -2.20. The molecule has 0 aromatic heterocycles. The van der Waals surface area contributed by atoms with Gasteiger partial charge >= 0.3 is 0 Å². The van der Waals surface area contributed by atoms with Crippen LogP contribution in [0.3, 0.4) is 0 Å². The van der Waals surface area contributed by atoms with E-state index in [-0.39, 0.29) is 16.8 Å². The van der Waals surface area contributed by atoms with E-state index < -0.39 is 10.0 Å². The van der Waals surface area contributed by atoms with Crippen molar-refractivity contribution >= 4 is 21.6 Å². The summed E-state index contributed by atoms with van der Waals surface area (Å²) in [6, 6.07) is 18.7. The van der Waals surface area contributed by atoms with Gasteiger partial charge in [-0.3, -0.25) is 9.10 Å². The quantitative estimate of drug-likeness (QED) is 0.567. The molecule has 3 aromatic rings. The van der Waals surface area contributed by atoms with Gasteiger partial charge in [0.05, 0.1) is 23.7 Å². The van der Waals surface area contributed by atoms with Gasteiger partial charge in [-0.1, -0.05) is 23.8 Å². The first-order valence-electron chi connectivity index (χ1n) is 10.2. The van der Waals surface area contributed by atoms with Crippen molar-refractivity contribution in [2.75, 3.05) is 18.5 Å². The number of hydrogen-bond donors (Lipinski definition) is 1. The maximum absolute atomic E-state index is 12.9. The van der Waals surface area contributed by atoms with Crippen molar-refractivity contribution in [3.05, 3.63) is 89.0 Å². The third kappa shape index (κ3) is 4.94. The third-order valence-electron chi connectivity index (χ3n) is 5.46. The van der Waals surface area contributed by atoms with E-state index in [0.717, 1.165) is 16.7 Å². The summed E-state index contributed by atoms with van der Waals surface area (Å²) < 4.78 is 32.1. The van der Waals surface area contributed by atoms with E-state index in [0.29, 0.717) is 17.0 Å². The molecule has 3 aromatic carbocycles. The summed E-state index contributed by atoms with van der Waals surface area (Å²) in [4.78, 5) is 12.9. The third-order valence-corrected chi connectivity index (χ3v) is 7.26. The molecule has 0 aliphatic rings. The topological polar surface area (TPSA) is 75.7 Å². The predicted octanol–water partition coefficient (Wildman–Crippen LogP) is 4.63. The first-order valence-corrected chi connectivity index (χ1v) is 11.7. The molecule has 1 amide bonds. The summed E-state index contributed by atoms with van der Waals surface area (Å²) in [6.45, 7) is 5.99. The highest BCUT2D eigenvalue weighted by Gasteiger charge is 2.22. The van der Waals surface area contributed by atoms with Gasteiger partial charge in [0.1, 0.15) is 5.75 Å². The van der Waals surface area contributed by atoms with Crippen molar-refractivity contribution in [3.63, 3.8) is 0 Å². The van der Waals surface area contributed by atoms with Crippen molar-refractivity contribution < 1.29 is 17.9 Å². The summed E-state index contributed by atoms with van der Waals surface area (Å²) in [6.07, 6.45) is 0. The number of nitrogens with zero attached hydrogens (tertiary/aromatic N) is 1. The smallest absolute Gasteiger partial charge is 0.264 e. The molecule has 0 aliphatic carbocycles. The molecule has 0 radical (unpaired) electrons. The number of aryl methyl sites for hydroxylation is 2. The first kappa shape index (κ1) is 23.3. The van der Waals surface area contributed by atoms with Gasteiger partial charge < -0.3 is 10.1 Å². The number of sulfonamides is 1. The molecule has 6 nitrogen and oxygen atoms in total. The standard InChI is InChI=1S/C25H28N2O4S/c1-17-6-7-18(2)24(16-17)19(3)26-25(28)20-8-10-21(11-9-20)27(4)32(29,30)23-14-12-22(31-5)13-15-23/h6-16,19H,1-5H3,(H,26,28). The number of nitrogens with one attached hydrogen (secondary N) is 1. The van der Waals surface area contributed by atoms with Crippen molar-refractivity contribution in [2.24, 2.45) is 0 Å². The predicted molar refractivity (Wildman–Crippen MR) is 127 cm³/mol. The Labute approximate surface area is 189 Å². The van der Waals surface area contributed by atoms with E-state index in [1.165, 1.54) is 30.6 Å². The SMILES string of the molecule is COc1ccc(S(=O)(=O)N(C)c2ccc(C(=O)NC(C)c3cc(C)ccc3C)cc2)cc1. The van der Waals surface area contributed by atoms with E-state index in [2.05, 4.69) is 11.4 Å². The maximum atomic E-state index is 12.9. The van der Waals surface area contributed by atoms with E-state index in [1.807, 2.05) is 32.9 Å². The monoisotopic (exact) mass is 452 g/mol. The number of benzene rings is 3. The largest absolute Gasteiger partial charge is 0.497 e. The van der Waals surface area contributed by atoms with E-state index in [1.54, 1.807) is 36.4 Å². The fourth-order valence-corrected chi connectivity index (χ4v) is 4.65. The van der Waals surface area contributed by atoms with Gasteiger partial charge in [-0.25, -0.2) is 8.42 Å². The highest BCUT2D eigenvalue weighted by molar-refractivity contribution is 7.92. The van der Waals surface area contributed by atoms with Gasteiger partial charge in [0.2, 0.25) is 0 Å². The lowest BCUT2D eigenvalue weighted by atomic mass is 9.99. The average molecular weight is 453 g/mol. The molecule has 0 saturated carbocycles. The van der Waals surface area contributed by atoms with Crippen LogP contribution in [0.25, 0.3) is 0 Å². The molecular weight excluding hydrogens is 424 g/mol. The summed E-state index contributed by atoms with van der Waals surface area (Å²) in [7, 11) is -0.729. The Morgan fingerprint density at radius 1 is 0.969 bits per heavy atom. The fraction of sp³-hybridized carbons (Fsp3) is 0.240. The molecule has 32 heavy (non-hydrogen) atoms. The Morgan fingerprint density at radius 2 is 1.59 bits per heavy atom. The van der Waals surface area contributed by atoms with Crippen LogP contribution in [0.4, 0.5) is 5.69 Å². The highest BCUT2D eigenvalue weighted by atomic mass is 32.2. The Hall–Kier alpha value is -3.32. The van der Waals surface area contributed by atoms with Crippen molar-refractivity contribution in [3.8, 4) is 5.75 Å².